The van der Waals surface area contributed by atoms with Crippen LogP contribution in [0.5, 0.6) is 11.5 Å². The van der Waals surface area contributed by atoms with E-state index in [0.29, 0.717) is 5.92 Å². The lowest BCUT2D eigenvalue weighted by Crippen LogP contribution is -2.22. The second kappa shape index (κ2) is 9.68. The zero-order chi connectivity index (χ0) is 13.9. The molecule has 0 aliphatic carbocycles. The molecular weight excluding hydrogens is 238 g/mol. The molecule has 0 aromatic heterocycles. The van der Waals surface area contributed by atoms with Crippen molar-refractivity contribution in [1.29, 1.82) is 0 Å². The van der Waals surface area contributed by atoms with Gasteiger partial charge in [-0.1, -0.05) is 32.9 Å². The second-order valence-electron chi connectivity index (χ2n) is 5.10. The van der Waals surface area contributed by atoms with Crippen LogP contribution in [-0.2, 0) is 0 Å². The van der Waals surface area contributed by atoms with Crippen LogP contribution in [0, 0.1) is 5.92 Å². The second-order valence-corrected chi connectivity index (χ2v) is 5.10. The van der Waals surface area contributed by atoms with Crippen molar-refractivity contribution in [3.05, 3.63) is 24.3 Å². The maximum atomic E-state index is 5.78. The van der Waals surface area contributed by atoms with Gasteiger partial charge in [-0.3, -0.25) is 0 Å². The molecule has 0 spiro atoms. The fourth-order valence-corrected chi connectivity index (χ4v) is 1.67. The molecule has 1 rings (SSSR count). The molecule has 0 saturated heterocycles. The Hall–Kier alpha value is -1.22. The van der Waals surface area contributed by atoms with Gasteiger partial charge in [0.25, 0.3) is 0 Å². The maximum absolute atomic E-state index is 5.78. The molecule has 0 saturated carbocycles. The predicted molar refractivity (Wildman–Crippen MR) is 80.0 cm³/mol. The molecule has 0 fully saturated rings. The van der Waals surface area contributed by atoms with Crippen LogP contribution in [0.4, 0.5) is 0 Å². The molecule has 0 amide bonds. The van der Waals surface area contributed by atoms with Gasteiger partial charge in [-0.05, 0) is 44.0 Å². The van der Waals surface area contributed by atoms with Crippen LogP contribution < -0.4 is 14.8 Å². The Bertz CT molecular complexity index is 339. The zero-order valence-electron chi connectivity index (χ0n) is 12.4. The van der Waals surface area contributed by atoms with Gasteiger partial charge in [0.05, 0.1) is 13.2 Å². The van der Waals surface area contributed by atoms with Gasteiger partial charge in [0.15, 0.2) is 11.5 Å². The quantitative estimate of drug-likeness (QED) is 0.657. The lowest BCUT2D eigenvalue weighted by molar-refractivity contribution is 0.264. The molecule has 0 bridgehead atoms. The molecule has 3 heteroatoms. The lowest BCUT2D eigenvalue weighted by Gasteiger charge is -2.12. The van der Waals surface area contributed by atoms with E-state index < -0.39 is 0 Å². The van der Waals surface area contributed by atoms with Crippen LogP contribution in [0.15, 0.2) is 24.3 Å². The molecule has 19 heavy (non-hydrogen) atoms. The minimum Gasteiger partial charge on any atom is -0.490 e. The first kappa shape index (κ1) is 15.8. The van der Waals surface area contributed by atoms with Crippen molar-refractivity contribution in [2.75, 3.05) is 26.3 Å². The normalized spacial score (nSPS) is 10.7. The SMILES string of the molecule is CCCOc1ccccc1OCCCNCC(C)C. The van der Waals surface area contributed by atoms with Crippen LogP contribution in [0.2, 0.25) is 0 Å². The number of benzene rings is 1. The van der Waals surface area contributed by atoms with Crippen molar-refractivity contribution in [3.63, 3.8) is 0 Å². The Kier molecular flexibility index (Phi) is 8.07. The summed E-state index contributed by atoms with van der Waals surface area (Å²) in [4.78, 5) is 0. The first-order chi connectivity index (χ1) is 9.24. The molecule has 1 N–H and O–H groups in total. The summed E-state index contributed by atoms with van der Waals surface area (Å²) in [5.41, 5.74) is 0. The van der Waals surface area contributed by atoms with Crippen LogP contribution in [-0.4, -0.2) is 26.3 Å². The van der Waals surface area contributed by atoms with Gasteiger partial charge in [-0.25, -0.2) is 0 Å². The van der Waals surface area contributed by atoms with Gasteiger partial charge >= 0.3 is 0 Å². The highest BCUT2D eigenvalue weighted by Gasteiger charge is 2.03. The zero-order valence-corrected chi connectivity index (χ0v) is 12.4. The first-order valence-electron chi connectivity index (χ1n) is 7.29. The third-order valence-electron chi connectivity index (χ3n) is 2.62. The van der Waals surface area contributed by atoms with E-state index >= 15 is 0 Å². The highest BCUT2D eigenvalue weighted by molar-refractivity contribution is 5.39. The van der Waals surface area contributed by atoms with Crippen molar-refractivity contribution >= 4 is 0 Å². The molecule has 0 heterocycles. The Labute approximate surface area is 117 Å². The summed E-state index contributed by atoms with van der Waals surface area (Å²) in [5.74, 6) is 2.39. The highest BCUT2D eigenvalue weighted by Crippen LogP contribution is 2.26. The summed E-state index contributed by atoms with van der Waals surface area (Å²) in [6.45, 7) is 10.0. The summed E-state index contributed by atoms with van der Waals surface area (Å²) < 4.78 is 11.4. The summed E-state index contributed by atoms with van der Waals surface area (Å²) in [5, 5.41) is 3.41. The van der Waals surface area contributed by atoms with E-state index in [4.69, 9.17) is 9.47 Å². The number of nitrogens with one attached hydrogen (secondary N) is 1. The smallest absolute Gasteiger partial charge is 0.161 e. The molecule has 0 aliphatic rings. The molecule has 3 nitrogen and oxygen atoms in total. The summed E-state index contributed by atoms with van der Waals surface area (Å²) in [6, 6.07) is 7.88. The lowest BCUT2D eigenvalue weighted by atomic mass is 10.2. The highest BCUT2D eigenvalue weighted by atomic mass is 16.5. The van der Waals surface area contributed by atoms with E-state index in [1.165, 1.54) is 0 Å². The fourth-order valence-electron chi connectivity index (χ4n) is 1.67. The number of hydrogen-bond donors (Lipinski definition) is 1. The van der Waals surface area contributed by atoms with Gasteiger partial charge in [0.2, 0.25) is 0 Å². The van der Waals surface area contributed by atoms with E-state index in [0.717, 1.165) is 50.6 Å². The molecule has 1 aromatic rings. The number of rotatable bonds is 10. The molecule has 0 atom stereocenters. The largest absolute Gasteiger partial charge is 0.490 e. The maximum Gasteiger partial charge on any atom is 0.161 e. The van der Waals surface area contributed by atoms with Crippen molar-refractivity contribution in [3.8, 4) is 11.5 Å². The van der Waals surface area contributed by atoms with Crippen molar-refractivity contribution < 1.29 is 9.47 Å². The van der Waals surface area contributed by atoms with Crippen molar-refractivity contribution in [2.24, 2.45) is 5.92 Å². The summed E-state index contributed by atoms with van der Waals surface area (Å²) in [6.07, 6.45) is 2.02. The van der Waals surface area contributed by atoms with E-state index in [2.05, 4.69) is 26.1 Å². The Morgan fingerprint density at radius 2 is 1.68 bits per heavy atom. The fraction of sp³-hybridized carbons (Fsp3) is 0.625. The minimum atomic E-state index is 0.698. The number of para-hydroxylation sites is 2. The summed E-state index contributed by atoms with van der Waals surface area (Å²) >= 11 is 0. The minimum absolute atomic E-state index is 0.698. The molecule has 0 radical (unpaired) electrons. The van der Waals surface area contributed by atoms with E-state index in [-0.39, 0.29) is 0 Å². The van der Waals surface area contributed by atoms with Crippen LogP contribution >= 0.6 is 0 Å². The van der Waals surface area contributed by atoms with E-state index in [1.54, 1.807) is 0 Å². The van der Waals surface area contributed by atoms with Crippen molar-refractivity contribution in [2.45, 2.75) is 33.6 Å². The van der Waals surface area contributed by atoms with Crippen molar-refractivity contribution in [1.82, 2.24) is 5.32 Å². The molecular formula is C16H27NO2. The van der Waals surface area contributed by atoms with Gasteiger partial charge in [-0.15, -0.1) is 0 Å². The topological polar surface area (TPSA) is 30.5 Å². The Morgan fingerprint density at radius 1 is 1.05 bits per heavy atom. The van der Waals surface area contributed by atoms with Crippen LogP contribution in [0.1, 0.15) is 33.6 Å². The van der Waals surface area contributed by atoms with E-state index in [9.17, 15) is 0 Å². The summed E-state index contributed by atoms with van der Waals surface area (Å²) in [7, 11) is 0. The average molecular weight is 265 g/mol. The van der Waals surface area contributed by atoms with Gasteiger partial charge in [-0.2, -0.15) is 0 Å². The monoisotopic (exact) mass is 265 g/mol. The van der Waals surface area contributed by atoms with Crippen LogP contribution in [0.3, 0.4) is 0 Å². The molecule has 108 valence electrons. The molecule has 1 aromatic carbocycles. The third-order valence-corrected chi connectivity index (χ3v) is 2.62. The predicted octanol–water partition coefficient (Wildman–Crippen LogP) is 3.49. The van der Waals surface area contributed by atoms with Gasteiger partial charge in [0, 0.05) is 0 Å². The molecule has 0 aliphatic heterocycles. The van der Waals surface area contributed by atoms with Crippen LogP contribution in [0.25, 0.3) is 0 Å². The Balaban J connectivity index is 2.24. The van der Waals surface area contributed by atoms with E-state index in [1.807, 2.05) is 24.3 Å². The van der Waals surface area contributed by atoms with Gasteiger partial charge < -0.3 is 14.8 Å². The standard InChI is InChI=1S/C16H27NO2/c1-4-11-18-15-8-5-6-9-16(15)19-12-7-10-17-13-14(2)3/h5-6,8-9,14,17H,4,7,10-13H2,1-3H3. The number of hydrogen-bond acceptors (Lipinski definition) is 3. The molecule has 0 unspecified atom stereocenters. The third kappa shape index (κ3) is 7.06. The first-order valence-corrected chi connectivity index (χ1v) is 7.29. The number of ether oxygens (including phenoxy) is 2. The van der Waals surface area contributed by atoms with Gasteiger partial charge in [0.1, 0.15) is 0 Å². The average Bonchev–Trinajstić information content (AvgIpc) is 2.41. The Morgan fingerprint density at radius 3 is 2.26 bits per heavy atom.